The first kappa shape index (κ1) is 9.02. The number of nitrogens with two attached hydrogens (primary N) is 1. The molecule has 14 heavy (non-hydrogen) atoms. The van der Waals surface area contributed by atoms with E-state index in [1.165, 1.54) is 0 Å². The Bertz CT molecular complexity index is 444. The van der Waals surface area contributed by atoms with Crippen molar-refractivity contribution in [1.29, 1.82) is 0 Å². The Labute approximate surface area is 86.3 Å². The Morgan fingerprint density at radius 1 is 1.50 bits per heavy atom. The van der Waals surface area contributed by atoms with Gasteiger partial charge in [-0.15, -0.1) is 0 Å². The normalized spacial score (nSPS) is 10.4. The highest BCUT2D eigenvalue weighted by molar-refractivity contribution is 6.33. The highest BCUT2D eigenvalue weighted by Gasteiger charge is 2.11. The molecule has 5 heteroatoms. The molecule has 0 atom stereocenters. The summed E-state index contributed by atoms with van der Waals surface area (Å²) in [7, 11) is 1.81. The molecule has 2 aromatic heterocycles. The topological polar surface area (TPSA) is 56.7 Å². The lowest BCUT2D eigenvalue weighted by atomic mass is 10.2. The summed E-state index contributed by atoms with van der Waals surface area (Å²) in [5, 5.41) is 4.61. The van der Waals surface area contributed by atoms with Crippen molar-refractivity contribution < 1.29 is 0 Å². The average Bonchev–Trinajstić information content (AvgIpc) is 2.48. The SMILES string of the molecule is Cn1ncc(Cl)c1-c1cccnc1N. The van der Waals surface area contributed by atoms with E-state index in [2.05, 4.69) is 10.1 Å². The van der Waals surface area contributed by atoms with Gasteiger partial charge in [0, 0.05) is 18.8 Å². The highest BCUT2D eigenvalue weighted by atomic mass is 35.5. The molecule has 2 rings (SSSR count). The summed E-state index contributed by atoms with van der Waals surface area (Å²) < 4.78 is 1.68. The molecule has 0 aromatic carbocycles. The molecule has 0 saturated carbocycles. The van der Waals surface area contributed by atoms with E-state index >= 15 is 0 Å². The fourth-order valence-corrected chi connectivity index (χ4v) is 1.60. The van der Waals surface area contributed by atoms with Crippen LogP contribution in [0.25, 0.3) is 11.3 Å². The van der Waals surface area contributed by atoms with Crippen molar-refractivity contribution in [3.8, 4) is 11.3 Å². The minimum Gasteiger partial charge on any atom is -0.383 e. The van der Waals surface area contributed by atoms with Crippen LogP contribution in [0.5, 0.6) is 0 Å². The average molecular weight is 209 g/mol. The lowest BCUT2D eigenvalue weighted by Gasteiger charge is -2.04. The molecule has 0 unspecified atom stereocenters. The third kappa shape index (κ3) is 1.33. The number of hydrogen-bond acceptors (Lipinski definition) is 3. The van der Waals surface area contributed by atoms with Crippen LogP contribution in [0.1, 0.15) is 0 Å². The molecule has 0 aliphatic carbocycles. The maximum absolute atomic E-state index is 5.98. The van der Waals surface area contributed by atoms with E-state index in [0.717, 1.165) is 11.3 Å². The first-order chi connectivity index (χ1) is 6.70. The van der Waals surface area contributed by atoms with Gasteiger partial charge in [-0.2, -0.15) is 5.10 Å². The summed E-state index contributed by atoms with van der Waals surface area (Å²) in [6.07, 6.45) is 3.23. The lowest BCUT2D eigenvalue weighted by Crippen LogP contribution is -1.98. The number of aryl methyl sites for hydroxylation is 1. The van der Waals surface area contributed by atoms with E-state index in [1.54, 1.807) is 17.1 Å². The van der Waals surface area contributed by atoms with Gasteiger partial charge in [-0.1, -0.05) is 11.6 Å². The molecular formula is C9H9ClN4. The predicted octanol–water partition coefficient (Wildman–Crippen LogP) is 1.72. The van der Waals surface area contributed by atoms with Crippen molar-refractivity contribution in [3.05, 3.63) is 29.5 Å². The van der Waals surface area contributed by atoms with Gasteiger partial charge >= 0.3 is 0 Å². The second-order valence-electron chi connectivity index (χ2n) is 2.90. The minimum absolute atomic E-state index is 0.456. The van der Waals surface area contributed by atoms with Gasteiger partial charge in [0.05, 0.1) is 16.9 Å². The van der Waals surface area contributed by atoms with Crippen LogP contribution >= 0.6 is 11.6 Å². The summed E-state index contributed by atoms with van der Waals surface area (Å²) in [6, 6.07) is 3.68. The molecule has 2 aromatic rings. The van der Waals surface area contributed by atoms with Crippen LogP contribution in [-0.4, -0.2) is 14.8 Å². The molecule has 0 fully saturated rings. The summed E-state index contributed by atoms with van der Waals surface area (Å²) in [4.78, 5) is 4.00. The Hall–Kier alpha value is -1.55. The van der Waals surface area contributed by atoms with Crippen molar-refractivity contribution in [1.82, 2.24) is 14.8 Å². The Balaban J connectivity index is 2.66. The van der Waals surface area contributed by atoms with Crippen LogP contribution in [0.3, 0.4) is 0 Å². The van der Waals surface area contributed by atoms with E-state index in [4.69, 9.17) is 17.3 Å². The van der Waals surface area contributed by atoms with Gasteiger partial charge in [-0.05, 0) is 12.1 Å². The molecule has 0 aliphatic heterocycles. The van der Waals surface area contributed by atoms with Gasteiger partial charge in [0.25, 0.3) is 0 Å². The Kier molecular flexibility index (Phi) is 2.13. The number of halogens is 1. The molecule has 72 valence electrons. The van der Waals surface area contributed by atoms with Gasteiger partial charge in [0.15, 0.2) is 0 Å². The van der Waals surface area contributed by atoms with Gasteiger partial charge < -0.3 is 5.73 Å². The molecule has 0 radical (unpaired) electrons. The Morgan fingerprint density at radius 3 is 2.86 bits per heavy atom. The van der Waals surface area contributed by atoms with E-state index in [-0.39, 0.29) is 0 Å². The zero-order valence-corrected chi connectivity index (χ0v) is 8.36. The standard InChI is InChI=1S/C9H9ClN4/c1-14-8(7(10)5-13-14)6-3-2-4-12-9(6)11/h2-5H,1H3,(H2,11,12). The lowest BCUT2D eigenvalue weighted by molar-refractivity contribution is 0.776. The molecule has 4 nitrogen and oxygen atoms in total. The third-order valence-electron chi connectivity index (χ3n) is 1.99. The molecule has 0 amide bonds. The van der Waals surface area contributed by atoms with Crippen LogP contribution in [0.2, 0.25) is 5.02 Å². The van der Waals surface area contributed by atoms with Crippen LogP contribution in [0.15, 0.2) is 24.5 Å². The minimum atomic E-state index is 0.456. The number of nitrogens with zero attached hydrogens (tertiary/aromatic N) is 3. The first-order valence-corrected chi connectivity index (χ1v) is 4.46. The van der Waals surface area contributed by atoms with Gasteiger partial charge in [-0.25, -0.2) is 4.98 Å². The quantitative estimate of drug-likeness (QED) is 0.777. The van der Waals surface area contributed by atoms with Gasteiger partial charge in [0.2, 0.25) is 0 Å². The number of anilines is 1. The molecule has 2 N–H and O–H groups in total. The largest absolute Gasteiger partial charge is 0.383 e. The van der Waals surface area contributed by atoms with Crippen LogP contribution in [0.4, 0.5) is 5.82 Å². The zero-order valence-electron chi connectivity index (χ0n) is 7.61. The fourth-order valence-electron chi connectivity index (χ4n) is 1.33. The van der Waals surface area contributed by atoms with Crippen LogP contribution < -0.4 is 5.73 Å². The number of hydrogen-bond donors (Lipinski definition) is 1. The van der Waals surface area contributed by atoms with E-state index in [0.29, 0.717) is 10.8 Å². The van der Waals surface area contributed by atoms with Crippen molar-refractivity contribution in [2.24, 2.45) is 7.05 Å². The number of pyridine rings is 1. The van der Waals surface area contributed by atoms with Gasteiger partial charge in [0.1, 0.15) is 5.82 Å². The second-order valence-corrected chi connectivity index (χ2v) is 3.31. The first-order valence-electron chi connectivity index (χ1n) is 4.08. The van der Waals surface area contributed by atoms with Crippen LogP contribution in [0, 0.1) is 0 Å². The Morgan fingerprint density at radius 2 is 2.29 bits per heavy atom. The maximum atomic E-state index is 5.98. The summed E-state index contributed by atoms with van der Waals surface area (Å²) in [5.41, 5.74) is 7.33. The van der Waals surface area contributed by atoms with E-state index in [1.807, 2.05) is 19.2 Å². The predicted molar refractivity (Wildman–Crippen MR) is 55.9 cm³/mol. The molecule has 0 aliphatic rings. The van der Waals surface area contributed by atoms with Crippen molar-refractivity contribution in [3.63, 3.8) is 0 Å². The van der Waals surface area contributed by atoms with E-state index in [9.17, 15) is 0 Å². The smallest absolute Gasteiger partial charge is 0.132 e. The molecular weight excluding hydrogens is 200 g/mol. The van der Waals surface area contributed by atoms with Crippen molar-refractivity contribution in [2.45, 2.75) is 0 Å². The monoisotopic (exact) mass is 208 g/mol. The fraction of sp³-hybridized carbons (Fsp3) is 0.111. The van der Waals surface area contributed by atoms with Crippen molar-refractivity contribution >= 4 is 17.4 Å². The number of nitrogen functional groups attached to an aromatic ring is 1. The highest BCUT2D eigenvalue weighted by Crippen LogP contribution is 2.29. The second kappa shape index (κ2) is 3.31. The molecule has 0 bridgehead atoms. The summed E-state index contributed by atoms with van der Waals surface area (Å²) in [6.45, 7) is 0. The zero-order chi connectivity index (χ0) is 10.1. The summed E-state index contributed by atoms with van der Waals surface area (Å²) in [5.74, 6) is 0.456. The molecule has 0 saturated heterocycles. The maximum Gasteiger partial charge on any atom is 0.132 e. The summed E-state index contributed by atoms with van der Waals surface area (Å²) >= 11 is 5.98. The molecule has 0 spiro atoms. The number of aromatic nitrogens is 3. The van der Waals surface area contributed by atoms with Crippen LogP contribution in [-0.2, 0) is 7.05 Å². The van der Waals surface area contributed by atoms with Crippen molar-refractivity contribution in [2.75, 3.05) is 5.73 Å². The molecule has 2 heterocycles. The third-order valence-corrected chi connectivity index (χ3v) is 2.26. The van der Waals surface area contributed by atoms with Gasteiger partial charge in [-0.3, -0.25) is 4.68 Å². The number of rotatable bonds is 1. The van der Waals surface area contributed by atoms with E-state index < -0.39 is 0 Å².